The van der Waals surface area contributed by atoms with Gasteiger partial charge >= 0.3 is 0 Å². The maximum absolute atomic E-state index is 12.0. The van der Waals surface area contributed by atoms with Gasteiger partial charge in [0, 0.05) is 20.0 Å². The minimum Gasteiger partial charge on any atom is -0.346 e. The number of rotatable bonds is 20. The highest BCUT2D eigenvalue weighted by atomic mass is 16.2. The smallest absolute Gasteiger partial charge is 0.222 e. The van der Waals surface area contributed by atoms with Crippen molar-refractivity contribution in [2.24, 2.45) is 0 Å². The summed E-state index contributed by atoms with van der Waals surface area (Å²) in [5.41, 5.74) is 0. The third-order valence-corrected chi connectivity index (χ3v) is 5.32. The molecule has 26 heavy (non-hydrogen) atoms. The van der Waals surface area contributed by atoms with Crippen LogP contribution in [0.1, 0.15) is 122 Å². The predicted octanol–water partition coefficient (Wildman–Crippen LogP) is 7.67. The van der Waals surface area contributed by atoms with Gasteiger partial charge < -0.3 is 4.90 Å². The van der Waals surface area contributed by atoms with E-state index < -0.39 is 0 Å². The van der Waals surface area contributed by atoms with Gasteiger partial charge in [0.1, 0.15) is 0 Å². The number of allylic oxidation sites excluding steroid dienone is 1. The van der Waals surface area contributed by atoms with Gasteiger partial charge in [-0.2, -0.15) is 0 Å². The fraction of sp³-hybridized carbons (Fsp3) is 0.875. The number of carbonyl (C=O) groups is 1. The summed E-state index contributed by atoms with van der Waals surface area (Å²) in [5.74, 6) is 0.309. The number of unbranched alkanes of at least 4 members (excludes halogenated alkanes) is 15. The molecule has 2 nitrogen and oxygen atoms in total. The molecule has 0 saturated heterocycles. The first-order valence-corrected chi connectivity index (χ1v) is 11.6. The highest BCUT2D eigenvalue weighted by Gasteiger charge is 2.07. The third kappa shape index (κ3) is 18.0. The molecule has 0 bridgehead atoms. The van der Waals surface area contributed by atoms with Gasteiger partial charge in [-0.05, 0) is 25.7 Å². The Hall–Kier alpha value is -0.790. The van der Waals surface area contributed by atoms with Gasteiger partial charge in [0.2, 0.25) is 5.91 Å². The monoisotopic (exact) mass is 365 g/mol. The molecule has 0 aromatic carbocycles. The van der Waals surface area contributed by atoms with Crippen molar-refractivity contribution >= 4 is 5.91 Å². The second kappa shape index (κ2) is 20.5. The summed E-state index contributed by atoms with van der Waals surface area (Å²) in [5, 5.41) is 0. The number of carbonyl (C=O) groups excluding carboxylic acids is 1. The lowest BCUT2D eigenvalue weighted by Gasteiger charge is -2.17. The molecule has 2 heteroatoms. The summed E-state index contributed by atoms with van der Waals surface area (Å²) >= 11 is 0. The topological polar surface area (TPSA) is 20.3 Å². The third-order valence-electron chi connectivity index (χ3n) is 5.32. The van der Waals surface area contributed by atoms with Crippen LogP contribution >= 0.6 is 0 Å². The number of nitrogens with zero attached hydrogens (tertiary/aromatic N) is 1. The summed E-state index contributed by atoms with van der Waals surface area (Å²) in [6.45, 7) is 6.93. The molecule has 0 unspecified atom stereocenters. The second-order valence-electron chi connectivity index (χ2n) is 7.95. The van der Waals surface area contributed by atoms with Crippen molar-refractivity contribution in [1.82, 2.24) is 4.90 Å². The first kappa shape index (κ1) is 25.2. The van der Waals surface area contributed by atoms with E-state index in [9.17, 15) is 4.79 Å². The molecule has 0 aliphatic heterocycles. The van der Waals surface area contributed by atoms with E-state index in [4.69, 9.17) is 0 Å². The Balaban J connectivity index is 3.25. The highest BCUT2D eigenvalue weighted by molar-refractivity contribution is 5.75. The van der Waals surface area contributed by atoms with E-state index in [-0.39, 0.29) is 0 Å². The van der Waals surface area contributed by atoms with Crippen LogP contribution in [0.3, 0.4) is 0 Å². The molecule has 0 saturated carbocycles. The molecule has 154 valence electrons. The van der Waals surface area contributed by atoms with Crippen LogP contribution < -0.4 is 0 Å². The average Bonchev–Trinajstić information content (AvgIpc) is 2.65. The lowest BCUT2D eigenvalue weighted by Crippen LogP contribution is -2.27. The average molecular weight is 366 g/mol. The summed E-state index contributed by atoms with van der Waals surface area (Å²) in [6, 6.07) is 0. The first-order chi connectivity index (χ1) is 12.7. The molecular formula is C24H47NO. The molecule has 0 aromatic heterocycles. The van der Waals surface area contributed by atoms with Crippen LogP contribution in [0.5, 0.6) is 0 Å². The van der Waals surface area contributed by atoms with Crippen LogP contribution in [-0.4, -0.2) is 24.4 Å². The quantitative estimate of drug-likeness (QED) is 0.160. The molecule has 0 rings (SSSR count). The Morgan fingerprint density at radius 2 is 1.19 bits per heavy atom. The fourth-order valence-electron chi connectivity index (χ4n) is 3.42. The van der Waals surface area contributed by atoms with Crippen LogP contribution in [0.15, 0.2) is 12.7 Å². The number of amides is 1. The van der Waals surface area contributed by atoms with Crippen molar-refractivity contribution in [3.63, 3.8) is 0 Å². The molecule has 1 amide bonds. The molecule has 0 fully saturated rings. The standard InChI is InChI=1S/C24H47NO/c1-4-6-8-10-11-12-13-14-15-16-17-18-19-21-23-25(3)24(26)22-20-9-7-5-2/h5H,2,4,6-23H2,1,3H3. The normalized spacial score (nSPS) is 10.8. The van der Waals surface area contributed by atoms with Gasteiger partial charge in [-0.15, -0.1) is 6.58 Å². The molecule has 0 spiro atoms. The lowest BCUT2D eigenvalue weighted by atomic mass is 10.0. The minimum absolute atomic E-state index is 0.309. The van der Waals surface area contributed by atoms with Crippen molar-refractivity contribution in [2.75, 3.05) is 13.6 Å². The maximum atomic E-state index is 12.0. The highest BCUT2D eigenvalue weighted by Crippen LogP contribution is 2.13. The van der Waals surface area contributed by atoms with E-state index in [1.165, 1.54) is 83.5 Å². The van der Waals surface area contributed by atoms with Crippen LogP contribution in [0.4, 0.5) is 0 Å². The van der Waals surface area contributed by atoms with Crippen LogP contribution in [0.25, 0.3) is 0 Å². The van der Waals surface area contributed by atoms with Gasteiger partial charge in [-0.25, -0.2) is 0 Å². The fourth-order valence-corrected chi connectivity index (χ4v) is 3.42. The zero-order chi connectivity index (χ0) is 19.3. The van der Waals surface area contributed by atoms with Gasteiger partial charge in [-0.3, -0.25) is 4.79 Å². The van der Waals surface area contributed by atoms with Gasteiger partial charge in [0.05, 0.1) is 0 Å². The first-order valence-electron chi connectivity index (χ1n) is 11.6. The van der Waals surface area contributed by atoms with Crippen molar-refractivity contribution in [3.05, 3.63) is 12.7 Å². The Morgan fingerprint density at radius 3 is 1.65 bits per heavy atom. The molecule has 0 radical (unpaired) electrons. The van der Waals surface area contributed by atoms with Gasteiger partial charge in [0.15, 0.2) is 0 Å². The molecule has 0 atom stereocenters. The van der Waals surface area contributed by atoms with Crippen molar-refractivity contribution < 1.29 is 4.79 Å². The van der Waals surface area contributed by atoms with E-state index in [0.717, 1.165) is 32.2 Å². The largest absolute Gasteiger partial charge is 0.346 e. The van der Waals surface area contributed by atoms with E-state index in [1.54, 1.807) is 0 Å². The van der Waals surface area contributed by atoms with Crippen molar-refractivity contribution in [1.29, 1.82) is 0 Å². The van der Waals surface area contributed by atoms with Crippen LogP contribution in [0.2, 0.25) is 0 Å². The Kier molecular flexibility index (Phi) is 19.9. The van der Waals surface area contributed by atoms with E-state index >= 15 is 0 Å². The summed E-state index contributed by atoms with van der Waals surface area (Å²) in [6.07, 6.45) is 25.1. The molecular weight excluding hydrogens is 318 g/mol. The van der Waals surface area contributed by atoms with Crippen molar-refractivity contribution in [2.45, 2.75) is 122 Å². The molecule has 0 aromatic rings. The van der Waals surface area contributed by atoms with Gasteiger partial charge in [-0.1, -0.05) is 96.5 Å². The molecule has 0 aliphatic rings. The SMILES string of the molecule is C=CCCCCC(=O)N(C)CCCCCCCCCCCCCCCC. The Labute approximate surface area is 164 Å². The minimum atomic E-state index is 0.309. The number of hydrogen-bond donors (Lipinski definition) is 0. The predicted molar refractivity (Wildman–Crippen MR) is 117 cm³/mol. The zero-order valence-corrected chi connectivity index (χ0v) is 18.1. The molecule has 0 aliphatic carbocycles. The zero-order valence-electron chi connectivity index (χ0n) is 18.1. The van der Waals surface area contributed by atoms with E-state index in [0.29, 0.717) is 12.3 Å². The van der Waals surface area contributed by atoms with E-state index in [1.807, 2.05) is 18.0 Å². The maximum Gasteiger partial charge on any atom is 0.222 e. The Morgan fingerprint density at radius 1 is 0.731 bits per heavy atom. The molecule has 0 heterocycles. The summed E-state index contributed by atoms with van der Waals surface area (Å²) < 4.78 is 0. The lowest BCUT2D eigenvalue weighted by molar-refractivity contribution is -0.130. The number of hydrogen-bond acceptors (Lipinski definition) is 1. The second-order valence-corrected chi connectivity index (χ2v) is 7.95. The summed E-state index contributed by atoms with van der Waals surface area (Å²) in [7, 11) is 1.96. The van der Waals surface area contributed by atoms with Crippen LogP contribution in [-0.2, 0) is 4.79 Å². The van der Waals surface area contributed by atoms with E-state index in [2.05, 4.69) is 13.5 Å². The van der Waals surface area contributed by atoms with Crippen LogP contribution in [0, 0.1) is 0 Å². The molecule has 0 N–H and O–H groups in total. The van der Waals surface area contributed by atoms with Crippen molar-refractivity contribution in [3.8, 4) is 0 Å². The van der Waals surface area contributed by atoms with Gasteiger partial charge in [0.25, 0.3) is 0 Å². The Bertz CT molecular complexity index is 313. The summed E-state index contributed by atoms with van der Waals surface area (Å²) in [4.78, 5) is 13.9.